The first-order valence-electron chi connectivity index (χ1n) is 10.3. The van der Waals surface area contributed by atoms with Gasteiger partial charge in [-0.15, -0.1) is 11.3 Å². The van der Waals surface area contributed by atoms with Crippen molar-refractivity contribution in [2.24, 2.45) is 4.99 Å². The molecule has 0 aliphatic carbocycles. The van der Waals surface area contributed by atoms with Crippen LogP contribution in [0.1, 0.15) is 18.4 Å². The summed E-state index contributed by atoms with van der Waals surface area (Å²) in [6, 6.07) is 14.5. The molecule has 1 saturated heterocycles. The second-order valence-electron chi connectivity index (χ2n) is 7.31. The molecule has 3 heterocycles. The van der Waals surface area contributed by atoms with E-state index in [9.17, 15) is 4.39 Å². The highest BCUT2D eigenvalue weighted by atomic mass is 32.1. The van der Waals surface area contributed by atoms with Crippen LogP contribution in [-0.4, -0.2) is 37.1 Å². The maximum absolute atomic E-state index is 13.5. The van der Waals surface area contributed by atoms with E-state index >= 15 is 0 Å². The minimum atomic E-state index is -0.345. The molecule has 162 valence electrons. The van der Waals surface area contributed by atoms with Gasteiger partial charge in [0.1, 0.15) is 11.6 Å². The molecule has 1 aliphatic heterocycles. The number of ether oxygens (including phenoxy) is 1. The number of aromatic nitrogens is 1. The van der Waals surface area contributed by atoms with Gasteiger partial charge >= 0.3 is 0 Å². The summed E-state index contributed by atoms with van der Waals surface area (Å²) < 4.78 is 19.3. The van der Waals surface area contributed by atoms with E-state index in [1.165, 1.54) is 17.1 Å². The Kier molecular flexibility index (Phi) is 6.99. The van der Waals surface area contributed by atoms with E-state index in [1.807, 2.05) is 12.1 Å². The van der Waals surface area contributed by atoms with E-state index in [1.54, 1.807) is 36.7 Å². The molecule has 0 saturated carbocycles. The summed E-state index contributed by atoms with van der Waals surface area (Å²) in [6.45, 7) is 2.55. The Hall–Kier alpha value is -3.13. The van der Waals surface area contributed by atoms with Crippen molar-refractivity contribution >= 4 is 22.3 Å². The van der Waals surface area contributed by atoms with Crippen molar-refractivity contribution in [1.82, 2.24) is 15.6 Å². The van der Waals surface area contributed by atoms with Gasteiger partial charge in [0.25, 0.3) is 0 Å². The van der Waals surface area contributed by atoms with Gasteiger partial charge in [0.15, 0.2) is 5.96 Å². The molecule has 0 amide bonds. The van der Waals surface area contributed by atoms with Gasteiger partial charge in [-0.2, -0.15) is 0 Å². The second-order valence-corrected chi connectivity index (χ2v) is 8.24. The van der Waals surface area contributed by atoms with Crippen LogP contribution in [0, 0.1) is 5.82 Å². The number of hydrogen-bond acceptors (Lipinski definition) is 5. The minimum absolute atomic E-state index is 0.345. The minimum Gasteiger partial charge on any atom is -0.439 e. The number of anilines is 1. The highest BCUT2D eigenvalue weighted by molar-refractivity contribution is 7.14. The zero-order chi connectivity index (χ0) is 21.5. The van der Waals surface area contributed by atoms with Gasteiger partial charge in [0.05, 0.1) is 5.00 Å². The molecule has 0 radical (unpaired) electrons. The van der Waals surface area contributed by atoms with Gasteiger partial charge in [0, 0.05) is 50.6 Å². The highest BCUT2D eigenvalue weighted by Gasteiger charge is 2.20. The van der Waals surface area contributed by atoms with Crippen LogP contribution in [0.25, 0.3) is 0 Å². The van der Waals surface area contributed by atoms with Crippen molar-refractivity contribution in [3.05, 3.63) is 71.5 Å². The summed E-state index contributed by atoms with van der Waals surface area (Å²) in [7, 11) is 1.77. The lowest BCUT2D eigenvalue weighted by Crippen LogP contribution is -2.48. The van der Waals surface area contributed by atoms with E-state index in [0.29, 0.717) is 24.2 Å². The predicted molar refractivity (Wildman–Crippen MR) is 124 cm³/mol. The van der Waals surface area contributed by atoms with E-state index in [-0.39, 0.29) is 5.82 Å². The fourth-order valence-electron chi connectivity index (χ4n) is 3.55. The Bertz CT molecular complexity index is 1000. The SMILES string of the molecule is CN=C(NCc1cccnc1Oc1cccc(F)c1)NC1CCN(c2cccs2)CC1. The van der Waals surface area contributed by atoms with Crippen LogP contribution in [0.2, 0.25) is 0 Å². The maximum Gasteiger partial charge on any atom is 0.224 e. The molecule has 3 aromatic rings. The Morgan fingerprint density at radius 2 is 2.10 bits per heavy atom. The molecule has 0 spiro atoms. The molecule has 31 heavy (non-hydrogen) atoms. The van der Waals surface area contributed by atoms with E-state index < -0.39 is 0 Å². The van der Waals surface area contributed by atoms with Gasteiger partial charge < -0.3 is 20.3 Å². The number of pyridine rings is 1. The zero-order valence-electron chi connectivity index (χ0n) is 17.4. The van der Waals surface area contributed by atoms with Crippen molar-refractivity contribution in [3.8, 4) is 11.6 Å². The van der Waals surface area contributed by atoms with Gasteiger partial charge in [0.2, 0.25) is 5.88 Å². The summed E-state index contributed by atoms with van der Waals surface area (Å²) in [5, 5.41) is 10.3. The number of halogens is 1. The normalized spacial score (nSPS) is 15.0. The molecule has 0 unspecified atom stereocenters. The third kappa shape index (κ3) is 5.73. The molecule has 6 nitrogen and oxygen atoms in total. The van der Waals surface area contributed by atoms with Crippen LogP contribution in [0.4, 0.5) is 9.39 Å². The fourth-order valence-corrected chi connectivity index (χ4v) is 4.34. The van der Waals surface area contributed by atoms with Crippen molar-refractivity contribution in [3.63, 3.8) is 0 Å². The first-order valence-corrected chi connectivity index (χ1v) is 11.2. The van der Waals surface area contributed by atoms with Crippen LogP contribution >= 0.6 is 11.3 Å². The molecule has 1 aliphatic rings. The Labute approximate surface area is 185 Å². The van der Waals surface area contributed by atoms with E-state index in [4.69, 9.17) is 4.74 Å². The molecule has 0 bridgehead atoms. The van der Waals surface area contributed by atoms with Crippen molar-refractivity contribution in [2.75, 3.05) is 25.0 Å². The molecular formula is C23H26FN5OS. The van der Waals surface area contributed by atoms with Crippen LogP contribution < -0.4 is 20.3 Å². The third-order valence-electron chi connectivity index (χ3n) is 5.18. The summed E-state index contributed by atoms with van der Waals surface area (Å²) in [6.07, 6.45) is 3.77. The standard InChI is InChI=1S/C23H26FN5OS/c1-25-23(28-19-9-12-29(13-10-19)21-8-4-14-31-21)27-16-17-5-3-11-26-22(17)30-20-7-2-6-18(24)15-20/h2-8,11,14-15,19H,9-10,12-13,16H2,1H3,(H2,25,27,28). The first kappa shape index (κ1) is 21.1. The summed E-state index contributed by atoms with van der Waals surface area (Å²) in [4.78, 5) is 11.1. The number of rotatable bonds is 6. The largest absolute Gasteiger partial charge is 0.439 e. The molecule has 1 aromatic carbocycles. The second kappa shape index (κ2) is 10.3. The monoisotopic (exact) mass is 439 g/mol. The van der Waals surface area contributed by atoms with Crippen molar-refractivity contribution in [2.45, 2.75) is 25.4 Å². The maximum atomic E-state index is 13.5. The van der Waals surface area contributed by atoms with Crippen LogP contribution in [0.15, 0.2) is 65.1 Å². The molecule has 0 atom stereocenters. The molecule has 1 fully saturated rings. The van der Waals surface area contributed by atoms with Crippen molar-refractivity contribution < 1.29 is 9.13 Å². The van der Waals surface area contributed by atoms with Gasteiger partial charge in [-0.25, -0.2) is 9.37 Å². The topological polar surface area (TPSA) is 61.8 Å². The lowest BCUT2D eigenvalue weighted by Gasteiger charge is -2.33. The van der Waals surface area contributed by atoms with Gasteiger partial charge in [-0.05, 0) is 48.6 Å². The number of guanidine groups is 1. The summed E-state index contributed by atoms with van der Waals surface area (Å²) >= 11 is 1.79. The van der Waals surface area contributed by atoms with Crippen LogP contribution in [0.3, 0.4) is 0 Å². The Balaban J connectivity index is 1.31. The molecule has 2 N–H and O–H groups in total. The first-order chi connectivity index (χ1) is 15.2. The molecule has 4 rings (SSSR count). The zero-order valence-corrected chi connectivity index (χ0v) is 18.2. The average molecular weight is 440 g/mol. The number of nitrogens with one attached hydrogen (secondary N) is 2. The number of thiophene rings is 1. The average Bonchev–Trinajstić information content (AvgIpc) is 3.33. The van der Waals surface area contributed by atoms with E-state index in [2.05, 4.69) is 43.0 Å². The fraction of sp³-hybridized carbons (Fsp3) is 0.304. The third-order valence-corrected chi connectivity index (χ3v) is 6.11. The number of aliphatic imine (C=N–C) groups is 1. The number of benzene rings is 1. The number of piperidine rings is 1. The van der Waals surface area contributed by atoms with E-state index in [0.717, 1.165) is 37.5 Å². The van der Waals surface area contributed by atoms with Gasteiger partial charge in [-0.3, -0.25) is 4.99 Å². The predicted octanol–water partition coefficient (Wildman–Crippen LogP) is 4.41. The number of hydrogen-bond donors (Lipinski definition) is 2. The van der Waals surface area contributed by atoms with Crippen LogP contribution in [-0.2, 0) is 6.54 Å². The smallest absolute Gasteiger partial charge is 0.224 e. The molecule has 8 heteroatoms. The summed E-state index contributed by atoms with van der Waals surface area (Å²) in [5.41, 5.74) is 0.863. The molecule has 2 aromatic heterocycles. The summed E-state index contributed by atoms with van der Waals surface area (Å²) in [5.74, 6) is 1.26. The number of nitrogens with zero attached hydrogens (tertiary/aromatic N) is 3. The Morgan fingerprint density at radius 1 is 1.23 bits per heavy atom. The Morgan fingerprint density at radius 3 is 2.84 bits per heavy atom. The quantitative estimate of drug-likeness (QED) is 0.440. The lowest BCUT2D eigenvalue weighted by molar-refractivity contribution is 0.449. The lowest BCUT2D eigenvalue weighted by atomic mass is 10.1. The van der Waals surface area contributed by atoms with Gasteiger partial charge in [-0.1, -0.05) is 12.1 Å². The van der Waals surface area contributed by atoms with Crippen LogP contribution in [0.5, 0.6) is 11.6 Å². The molecular weight excluding hydrogens is 413 g/mol. The van der Waals surface area contributed by atoms with Crippen molar-refractivity contribution in [1.29, 1.82) is 0 Å². The highest BCUT2D eigenvalue weighted by Crippen LogP contribution is 2.25.